The van der Waals surface area contributed by atoms with Gasteiger partial charge in [0.1, 0.15) is 5.75 Å². The molecule has 1 aliphatic carbocycles. The summed E-state index contributed by atoms with van der Waals surface area (Å²) in [5.74, 6) is 1.53. The smallest absolute Gasteiger partial charge is 0.123 e. The van der Waals surface area contributed by atoms with Crippen LogP contribution in [0.4, 0.5) is 0 Å². The second kappa shape index (κ2) is 8.37. The lowest BCUT2D eigenvalue weighted by Gasteiger charge is -2.27. The zero-order valence-corrected chi connectivity index (χ0v) is 13.0. The first-order valence-electron chi connectivity index (χ1n) is 7.79. The van der Waals surface area contributed by atoms with Gasteiger partial charge in [-0.05, 0) is 24.8 Å². The number of methoxy groups -OCH3 is 2. The highest BCUT2D eigenvalue weighted by molar-refractivity contribution is 5.36. The Hall–Kier alpha value is -1.10. The molecule has 0 aromatic heterocycles. The van der Waals surface area contributed by atoms with Crippen LogP contribution in [0.2, 0.25) is 0 Å². The van der Waals surface area contributed by atoms with Crippen molar-refractivity contribution in [3.05, 3.63) is 29.8 Å². The summed E-state index contributed by atoms with van der Waals surface area (Å²) < 4.78 is 10.5. The van der Waals surface area contributed by atoms with E-state index in [4.69, 9.17) is 9.47 Å². The summed E-state index contributed by atoms with van der Waals surface area (Å²) in [5.41, 5.74) is 1.19. The van der Waals surface area contributed by atoms with E-state index in [1.165, 1.54) is 31.2 Å². The number of nitrogens with one attached hydrogen (secondary N) is 1. The Morgan fingerprint density at radius 2 is 1.95 bits per heavy atom. The van der Waals surface area contributed by atoms with Crippen molar-refractivity contribution >= 4 is 0 Å². The van der Waals surface area contributed by atoms with Gasteiger partial charge in [-0.25, -0.2) is 0 Å². The number of hydrogen-bond donors (Lipinski definition) is 2. The molecule has 1 aromatic rings. The third-order valence-corrected chi connectivity index (χ3v) is 4.28. The van der Waals surface area contributed by atoms with Crippen molar-refractivity contribution in [1.29, 1.82) is 0 Å². The molecule has 21 heavy (non-hydrogen) atoms. The van der Waals surface area contributed by atoms with Crippen LogP contribution in [0.5, 0.6) is 5.75 Å². The first kappa shape index (κ1) is 16.3. The number of rotatable bonds is 8. The highest BCUT2D eigenvalue weighted by atomic mass is 16.5. The average molecular weight is 293 g/mol. The van der Waals surface area contributed by atoms with E-state index in [9.17, 15) is 5.11 Å². The van der Waals surface area contributed by atoms with Crippen LogP contribution in [0.15, 0.2) is 24.3 Å². The summed E-state index contributed by atoms with van der Waals surface area (Å²) in [6.07, 6.45) is 4.57. The minimum Gasteiger partial charge on any atom is -0.496 e. The summed E-state index contributed by atoms with van der Waals surface area (Å²) in [6.45, 7) is 0.892. The Balaban J connectivity index is 2.11. The number of aliphatic hydroxyl groups is 1. The van der Waals surface area contributed by atoms with Gasteiger partial charge in [-0.3, -0.25) is 0 Å². The van der Waals surface area contributed by atoms with Gasteiger partial charge in [-0.1, -0.05) is 31.0 Å². The molecule has 4 nitrogen and oxygen atoms in total. The first-order valence-corrected chi connectivity index (χ1v) is 7.79. The minimum atomic E-state index is -0.478. The Bertz CT molecular complexity index is 418. The molecule has 1 aromatic carbocycles. The fourth-order valence-corrected chi connectivity index (χ4v) is 3.26. The third kappa shape index (κ3) is 4.43. The third-order valence-electron chi connectivity index (χ3n) is 4.28. The monoisotopic (exact) mass is 293 g/mol. The molecule has 0 saturated heterocycles. The van der Waals surface area contributed by atoms with Crippen LogP contribution in [-0.4, -0.2) is 38.6 Å². The van der Waals surface area contributed by atoms with Crippen molar-refractivity contribution in [2.75, 3.05) is 27.4 Å². The van der Waals surface area contributed by atoms with Crippen LogP contribution in [0.1, 0.15) is 37.3 Å². The largest absolute Gasteiger partial charge is 0.496 e. The topological polar surface area (TPSA) is 50.7 Å². The molecule has 118 valence electrons. The van der Waals surface area contributed by atoms with E-state index in [0.717, 1.165) is 5.75 Å². The van der Waals surface area contributed by atoms with Gasteiger partial charge in [0.15, 0.2) is 0 Å². The Kier molecular flexibility index (Phi) is 6.49. The summed E-state index contributed by atoms with van der Waals surface area (Å²) >= 11 is 0. The van der Waals surface area contributed by atoms with Crippen LogP contribution in [0.3, 0.4) is 0 Å². The number of benzene rings is 1. The van der Waals surface area contributed by atoms with E-state index in [-0.39, 0.29) is 6.04 Å². The lowest BCUT2D eigenvalue weighted by Crippen LogP contribution is -2.35. The van der Waals surface area contributed by atoms with Crippen LogP contribution in [0.25, 0.3) is 0 Å². The summed E-state index contributed by atoms with van der Waals surface area (Å²) in [4.78, 5) is 0. The lowest BCUT2D eigenvalue weighted by molar-refractivity contribution is 0.0610. The van der Waals surface area contributed by atoms with Gasteiger partial charge in [0.05, 0.1) is 19.8 Å². The van der Waals surface area contributed by atoms with E-state index >= 15 is 0 Å². The van der Waals surface area contributed by atoms with E-state index in [1.54, 1.807) is 14.2 Å². The quantitative estimate of drug-likeness (QED) is 0.773. The SMILES string of the molecule is COCC(O)CNC(c1ccccc1OC)C1CCCC1. The lowest BCUT2D eigenvalue weighted by atomic mass is 9.91. The van der Waals surface area contributed by atoms with Crippen molar-refractivity contribution in [3.63, 3.8) is 0 Å². The predicted molar refractivity (Wildman–Crippen MR) is 83.6 cm³/mol. The van der Waals surface area contributed by atoms with Crippen molar-refractivity contribution < 1.29 is 14.6 Å². The zero-order valence-electron chi connectivity index (χ0n) is 13.0. The molecule has 0 amide bonds. The maximum atomic E-state index is 9.90. The molecule has 1 fully saturated rings. The first-order chi connectivity index (χ1) is 10.3. The molecule has 0 radical (unpaired) electrons. The van der Waals surface area contributed by atoms with Crippen molar-refractivity contribution in [2.45, 2.75) is 37.8 Å². The van der Waals surface area contributed by atoms with Gasteiger partial charge in [0.2, 0.25) is 0 Å². The Morgan fingerprint density at radius 1 is 1.24 bits per heavy atom. The number of aliphatic hydroxyl groups excluding tert-OH is 1. The molecule has 2 N–H and O–H groups in total. The molecule has 2 rings (SSSR count). The second-order valence-corrected chi connectivity index (χ2v) is 5.78. The molecule has 2 atom stereocenters. The van der Waals surface area contributed by atoms with E-state index < -0.39 is 6.10 Å². The van der Waals surface area contributed by atoms with Crippen LogP contribution in [-0.2, 0) is 4.74 Å². The Morgan fingerprint density at radius 3 is 2.62 bits per heavy atom. The molecule has 0 aliphatic heterocycles. The Labute approximate surface area is 127 Å². The fraction of sp³-hybridized carbons (Fsp3) is 0.647. The standard InChI is InChI=1S/C17H27NO3/c1-20-12-14(19)11-18-17(13-7-3-4-8-13)15-9-5-6-10-16(15)21-2/h5-6,9-10,13-14,17-19H,3-4,7-8,11-12H2,1-2H3. The maximum Gasteiger partial charge on any atom is 0.123 e. The van der Waals surface area contributed by atoms with Crippen LogP contribution >= 0.6 is 0 Å². The van der Waals surface area contributed by atoms with E-state index in [0.29, 0.717) is 19.1 Å². The van der Waals surface area contributed by atoms with Crippen molar-refractivity contribution in [1.82, 2.24) is 5.32 Å². The minimum absolute atomic E-state index is 0.232. The molecule has 0 heterocycles. The van der Waals surface area contributed by atoms with Crippen molar-refractivity contribution in [3.8, 4) is 5.75 Å². The van der Waals surface area contributed by atoms with Gasteiger partial charge in [-0.2, -0.15) is 0 Å². The van der Waals surface area contributed by atoms with Crippen molar-refractivity contribution in [2.24, 2.45) is 5.92 Å². The maximum absolute atomic E-state index is 9.90. The number of hydrogen-bond acceptors (Lipinski definition) is 4. The predicted octanol–water partition coefficient (Wildman–Crippen LogP) is 2.52. The number of para-hydroxylation sites is 1. The average Bonchev–Trinajstić information content (AvgIpc) is 3.02. The molecule has 1 saturated carbocycles. The number of ether oxygens (including phenoxy) is 2. The van der Waals surface area contributed by atoms with Gasteiger partial charge in [0.25, 0.3) is 0 Å². The molecule has 1 aliphatic rings. The van der Waals surface area contributed by atoms with Gasteiger partial charge in [-0.15, -0.1) is 0 Å². The van der Waals surface area contributed by atoms with E-state index in [1.807, 2.05) is 18.2 Å². The second-order valence-electron chi connectivity index (χ2n) is 5.78. The zero-order chi connectivity index (χ0) is 15.1. The summed E-state index contributed by atoms with van der Waals surface area (Å²) in [6, 6.07) is 8.40. The van der Waals surface area contributed by atoms with Crippen LogP contribution in [0, 0.1) is 5.92 Å². The molecule has 2 unspecified atom stereocenters. The summed E-state index contributed by atoms with van der Waals surface area (Å²) in [5, 5.41) is 13.4. The molecular formula is C17H27NO3. The highest BCUT2D eigenvalue weighted by Crippen LogP contribution is 2.38. The normalized spacial score (nSPS) is 18.6. The molecule has 0 bridgehead atoms. The van der Waals surface area contributed by atoms with Gasteiger partial charge < -0.3 is 19.9 Å². The fourth-order valence-electron chi connectivity index (χ4n) is 3.26. The van der Waals surface area contributed by atoms with Gasteiger partial charge >= 0.3 is 0 Å². The molecular weight excluding hydrogens is 266 g/mol. The highest BCUT2D eigenvalue weighted by Gasteiger charge is 2.28. The van der Waals surface area contributed by atoms with Gasteiger partial charge in [0, 0.05) is 25.3 Å². The molecule has 0 spiro atoms. The van der Waals surface area contributed by atoms with E-state index in [2.05, 4.69) is 11.4 Å². The summed E-state index contributed by atoms with van der Waals surface area (Å²) in [7, 11) is 3.32. The van der Waals surface area contributed by atoms with Crippen LogP contribution < -0.4 is 10.1 Å². The molecule has 4 heteroatoms.